The first kappa shape index (κ1) is 28.0. The van der Waals surface area contributed by atoms with Crippen molar-refractivity contribution in [2.75, 3.05) is 14.2 Å². The number of hydrogen-bond acceptors (Lipinski definition) is 6. The van der Waals surface area contributed by atoms with Crippen LogP contribution in [0.4, 0.5) is 0 Å². The van der Waals surface area contributed by atoms with E-state index in [1.165, 1.54) is 7.11 Å². The Morgan fingerprint density at radius 1 is 1.15 bits per heavy atom. The van der Waals surface area contributed by atoms with E-state index in [9.17, 15) is 14.7 Å². The molecule has 8 heteroatoms. The summed E-state index contributed by atoms with van der Waals surface area (Å²) in [5, 5.41) is 16.2. The van der Waals surface area contributed by atoms with Gasteiger partial charge < -0.3 is 19.5 Å². The molecule has 3 aliphatic rings. The SMILES string of the molecule is CCC(C)(CC)[C@@H]1CC2=C(C(=O)N1C)[C@@H](c1c(OC)ccc(-n3cc(C)cn3)c1O)C1=C(CC(C)(C)CC1=O)O2. The van der Waals surface area contributed by atoms with E-state index in [-0.39, 0.29) is 34.3 Å². The van der Waals surface area contributed by atoms with Crippen molar-refractivity contribution < 1.29 is 24.2 Å². The molecule has 0 fully saturated rings. The fourth-order valence-corrected chi connectivity index (χ4v) is 6.73. The summed E-state index contributed by atoms with van der Waals surface area (Å²) in [4.78, 5) is 30.0. The summed E-state index contributed by atoms with van der Waals surface area (Å²) in [7, 11) is 3.37. The molecule has 0 radical (unpaired) electrons. The second kappa shape index (κ2) is 9.82. The minimum absolute atomic E-state index is 0.0577. The third-order valence-electron chi connectivity index (χ3n) is 9.44. The number of phenolic OH excluding ortho intramolecular Hbond substituents is 1. The summed E-state index contributed by atoms with van der Waals surface area (Å²) in [6, 6.07) is 3.44. The summed E-state index contributed by atoms with van der Waals surface area (Å²) >= 11 is 0. The van der Waals surface area contributed by atoms with E-state index in [0.29, 0.717) is 58.9 Å². The van der Waals surface area contributed by atoms with Gasteiger partial charge in [-0.05, 0) is 48.3 Å². The van der Waals surface area contributed by atoms with E-state index in [1.807, 2.05) is 25.1 Å². The zero-order valence-electron chi connectivity index (χ0n) is 24.9. The molecule has 2 atom stereocenters. The van der Waals surface area contributed by atoms with E-state index < -0.39 is 5.92 Å². The van der Waals surface area contributed by atoms with Gasteiger partial charge in [0.1, 0.15) is 28.7 Å². The van der Waals surface area contributed by atoms with Crippen molar-refractivity contribution in [3.63, 3.8) is 0 Å². The van der Waals surface area contributed by atoms with E-state index >= 15 is 0 Å². The first-order valence-corrected chi connectivity index (χ1v) is 14.2. The maximum atomic E-state index is 14.3. The van der Waals surface area contributed by atoms with E-state index in [0.717, 1.165) is 18.4 Å². The number of aromatic hydroxyl groups is 1. The summed E-state index contributed by atoms with van der Waals surface area (Å²) in [5.74, 6) is 0.437. The Morgan fingerprint density at radius 3 is 2.45 bits per heavy atom. The maximum absolute atomic E-state index is 14.3. The number of aryl methyl sites for hydroxylation is 1. The molecular weight excluding hydrogens is 506 g/mol. The molecule has 8 nitrogen and oxygen atoms in total. The third-order valence-corrected chi connectivity index (χ3v) is 9.44. The first-order chi connectivity index (χ1) is 18.9. The van der Waals surface area contributed by atoms with Crippen molar-refractivity contribution in [1.82, 2.24) is 14.7 Å². The highest BCUT2D eigenvalue weighted by atomic mass is 16.5. The van der Waals surface area contributed by atoms with Gasteiger partial charge in [0.2, 0.25) is 0 Å². The van der Waals surface area contributed by atoms with Crippen LogP contribution < -0.4 is 4.74 Å². The number of benzene rings is 1. The van der Waals surface area contributed by atoms with Gasteiger partial charge in [-0.15, -0.1) is 0 Å². The largest absolute Gasteiger partial charge is 0.505 e. The van der Waals surface area contributed by atoms with Crippen molar-refractivity contribution >= 4 is 11.7 Å². The zero-order valence-corrected chi connectivity index (χ0v) is 24.9. The monoisotopic (exact) mass is 547 g/mol. The molecule has 1 aliphatic carbocycles. The fraction of sp³-hybridized carbons (Fsp3) is 0.531. The number of hydrogen-bond donors (Lipinski definition) is 1. The molecule has 1 aromatic carbocycles. The van der Waals surface area contributed by atoms with Crippen LogP contribution in [0.5, 0.6) is 11.5 Å². The second-order valence-corrected chi connectivity index (χ2v) is 12.7. The lowest BCUT2D eigenvalue weighted by atomic mass is 9.67. The normalized spacial score (nSPS) is 22.8. The van der Waals surface area contributed by atoms with Gasteiger partial charge in [0.05, 0.1) is 30.4 Å². The number of nitrogens with zero attached hydrogens (tertiary/aromatic N) is 3. The number of rotatable bonds is 6. The molecule has 1 amide bonds. The van der Waals surface area contributed by atoms with E-state index in [1.54, 1.807) is 23.0 Å². The van der Waals surface area contributed by atoms with Gasteiger partial charge in [-0.25, -0.2) is 4.68 Å². The Hall–Kier alpha value is -3.55. The molecule has 0 saturated carbocycles. The Bertz CT molecular complexity index is 1440. The summed E-state index contributed by atoms with van der Waals surface area (Å²) in [6.45, 7) is 12.6. The molecular formula is C32H41N3O5. The summed E-state index contributed by atoms with van der Waals surface area (Å²) < 4.78 is 13.9. The molecule has 0 unspecified atom stereocenters. The third kappa shape index (κ3) is 4.32. The van der Waals surface area contributed by atoms with Crippen molar-refractivity contribution in [3.8, 4) is 17.2 Å². The molecule has 40 heavy (non-hydrogen) atoms. The number of Topliss-reactive ketones (excluding diaryl/α,β-unsaturated/α-hetero) is 1. The smallest absolute Gasteiger partial charge is 0.254 e. The Balaban J connectivity index is 1.78. The van der Waals surface area contributed by atoms with Gasteiger partial charge >= 0.3 is 0 Å². The van der Waals surface area contributed by atoms with Crippen molar-refractivity contribution in [1.29, 1.82) is 0 Å². The van der Waals surface area contributed by atoms with Gasteiger partial charge in [0.25, 0.3) is 5.91 Å². The van der Waals surface area contributed by atoms with Crippen LogP contribution in [0.1, 0.15) is 83.8 Å². The summed E-state index contributed by atoms with van der Waals surface area (Å²) in [6.07, 6.45) is 6.79. The number of amides is 1. The van der Waals surface area contributed by atoms with Crippen LogP contribution >= 0.6 is 0 Å². The number of likely N-dealkylation sites (N-methyl/N-ethyl adjacent to an activating group) is 1. The number of carbonyl (C=O) groups is 2. The standard InChI is InChI=1S/C32H41N3O5/c1-9-32(6,10-2)24-13-22-27(30(38)34(24)7)28(25-20(36)14-31(4,5)15-23(25)40-22)26-21(39-8)12-11-19(29(26)37)35-17-18(3)16-33-35/h11-12,16-17,24,28,37H,9-10,13-15H2,1-8H3/t24-,28+/m0/s1. The molecule has 0 saturated heterocycles. The van der Waals surface area contributed by atoms with Gasteiger partial charge in [-0.2, -0.15) is 5.10 Å². The topological polar surface area (TPSA) is 93.9 Å². The highest BCUT2D eigenvalue weighted by Crippen LogP contribution is 2.56. The van der Waals surface area contributed by atoms with Gasteiger partial charge in [0, 0.05) is 44.1 Å². The minimum atomic E-state index is -0.820. The number of carbonyl (C=O) groups excluding carboxylic acids is 2. The van der Waals surface area contributed by atoms with Crippen molar-refractivity contribution in [3.05, 3.63) is 58.3 Å². The van der Waals surface area contributed by atoms with Gasteiger partial charge in [-0.1, -0.05) is 34.6 Å². The number of allylic oxidation sites excluding steroid dienone is 2. The van der Waals surface area contributed by atoms with Crippen molar-refractivity contribution in [2.24, 2.45) is 10.8 Å². The molecule has 1 aromatic heterocycles. The number of ether oxygens (including phenoxy) is 2. The maximum Gasteiger partial charge on any atom is 0.254 e. The molecule has 214 valence electrons. The van der Waals surface area contributed by atoms with Gasteiger partial charge in [0.15, 0.2) is 5.78 Å². The van der Waals surface area contributed by atoms with Crippen LogP contribution in [0.3, 0.4) is 0 Å². The second-order valence-electron chi connectivity index (χ2n) is 12.7. The number of methoxy groups -OCH3 is 1. The number of ketones is 1. The summed E-state index contributed by atoms with van der Waals surface area (Å²) in [5.41, 5.74) is 2.23. The number of phenols is 1. The molecule has 2 aromatic rings. The lowest BCUT2D eigenvalue weighted by molar-refractivity contribution is -0.133. The Kier molecular flexibility index (Phi) is 6.87. The quantitative estimate of drug-likeness (QED) is 0.479. The average Bonchev–Trinajstić information content (AvgIpc) is 3.34. The van der Waals surface area contributed by atoms with Crippen LogP contribution in [0.25, 0.3) is 5.69 Å². The predicted molar refractivity (Wildman–Crippen MR) is 152 cm³/mol. The minimum Gasteiger partial charge on any atom is -0.505 e. The van der Waals surface area contributed by atoms with Crippen molar-refractivity contribution in [2.45, 2.75) is 85.6 Å². The van der Waals surface area contributed by atoms with Gasteiger partial charge in [-0.3, -0.25) is 9.59 Å². The predicted octanol–water partition coefficient (Wildman–Crippen LogP) is 5.96. The molecule has 2 aliphatic heterocycles. The van der Waals surface area contributed by atoms with E-state index in [4.69, 9.17) is 9.47 Å². The Labute approximate surface area is 236 Å². The van der Waals surface area contributed by atoms with Crippen LogP contribution in [0.2, 0.25) is 0 Å². The fourth-order valence-electron chi connectivity index (χ4n) is 6.73. The van der Waals surface area contributed by atoms with Crippen LogP contribution in [0, 0.1) is 17.8 Å². The first-order valence-electron chi connectivity index (χ1n) is 14.2. The zero-order chi connectivity index (χ0) is 29.1. The highest BCUT2D eigenvalue weighted by Gasteiger charge is 2.51. The van der Waals surface area contributed by atoms with Crippen LogP contribution in [-0.4, -0.2) is 51.7 Å². The highest BCUT2D eigenvalue weighted by molar-refractivity contribution is 6.06. The molecule has 5 rings (SSSR count). The Morgan fingerprint density at radius 2 is 1.85 bits per heavy atom. The molecule has 1 N–H and O–H groups in total. The van der Waals surface area contributed by atoms with Crippen LogP contribution in [0.15, 0.2) is 47.2 Å². The molecule has 0 bridgehead atoms. The van der Waals surface area contributed by atoms with Crippen LogP contribution in [-0.2, 0) is 14.3 Å². The lowest BCUT2D eigenvalue weighted by Gasteiger charge is -2.48. The molecule has 0 spiro atoms. The number of aromatic nitrogens is 2. The lowest BCUT2D eigenvalue weighted by Crippen LogP contribution is -2.52. The van der Waals surface area contributed by atoms with E-state index in [2.05, 4.69) is 39.7 Å². The average molecular weight is 548 g/mol. The molecule has 3 heterocycles.